The van der Waals surface area contributed by atoms with Crippen LogP contribution in [0.25, 0.3) is 0 Å². The van der Waals surface area contributed by atoms with Gasteiger partial charge in [-0.1, -0.05) is 0 Å². The van der Waals surface area contributed by atoms with Crippen LogP contribution in [-0.4, -0.2) is 63.5 Å². The van der Waals surface area contributed by atoms with Crippen molar-refractivity contribution in [2.75, 3.05) is 46.5 Å². The Hall–Kier alpha value is -1.99. The molecule has 3 N–H and O–H groups in total. The lowest BCUT2D eigenvalue weighted by Gasteiger charge is -2.26. The maximum atomic E-state index is 6.00. The zero-order chi connectivity index (χ0) is 18.4. The Kier molecular flexibility index (Phi) is 6.57. The van der Waals surface area contributed by atoms with Gasteiger partial charge in [-0.25, -0.2) is 4.99 Å². The van der Waals surface area contributed by atoms with Crippen molar-refractivity contribution < 1.29 is 14.2 Å². The Balaban J connectivity index is 1.47. The number of nitrogens with zero attached hydrogens (tertiary/aromatic N) is 2. The van der Waals surface area contributed by atoms with Crippen LogP contribution >= 0.6 is 0 Å². The van der Waals surface area contributed by atoms with Crippen LogP contribution in [0.4, 0.5) is 0 Å². The van der Waals surface area contributed by atoms with Crippen molar-refractivity contribution in [3.63, 3.8) is 0 Å². The van der Waals surface area contributed by atoms with Gasteiger partial charge in [0.2, 0.25) is 0 Å². The van der Waals surface area contributed by atoms with Gasteiger partial charge in [0, 0.05) is 37.2 Å². The molecule has 7 nitrogen and oxygen atoms in total. The molecule has 0 aromatic heterocycles. The Morgan fingerprint density at radius 2 is 2.19 bits per heavy atom. The first kappa shape index (κ1) is 18.8. The van der Waals surface area contributed by atoms with Crippen molar-refractivity contribution in [1.82, 2.24) is 10.2 Å². The van der Waals surface area contributed by atoms with E-state index >= 15 is 0 Å². The van der Waals surface area contributed by atoms with Crippen LogP contribution in [0.3, 0.4) is 0 Å². The van der Waals surface area contributed by atoms with E-state index in [4.69, 9.17) is 19.9 Å². The number of fused-ring (bicyclic) bond motifs is 1. The van der Waals surface area contributed by atoms with Crippen LogP contribution in [0.1, 0.15) is 24.5 Å². The van der Waals surface area contributed by atoms with Gasteiger partial charge in [0.15, 0.2) is 5.96 Å². The van der Waals surface area contributed by atoms with Crippen LogP contribution < -0.4 is 20.5 Å². The van der Waals surface area contributed by atoms with Crippen molar-refractivity contribution >= 4 is 5.96 Å². The van der Waals surface area contributed by atoms with Crippen molar-refractivity contribution in [1.29, 1.82) is 0 Å². The molecule has 1 saturated heterocycles. The summed E-state index contributed by atoms with van der Waals surface area (Å²) in [4.78, 5) is 6.86. The standard InChI is InChI=1S/C19H30N4O3/c1-14-10-15-11-17(24-2)16(12-18(15)26-14)13-22-19(20)21-4-3-5-23-6-8-25-9-7-23/h11-12,14H,3-10,13H2,1-2H3,(H3,20,21,22). The number of nitrogens with two attached hydrogens (primary N) is 1. The number of aliphatic imine (C=N–C) groups is 1. The van der Waals surface area contributed by atoms with Crippen molar-refractivity contribution in [3.05, 3.63) is 23.3 Å². The Morgan fingerprint density at radius 3 is 2.96 bits per heavy atom. The molecule has 2 heterocycles. The lowest BCUT2D eigenvalue weighted by atomic mass is 10.1. The first-order valence-corrected chi connectivity index (χ1v) is 9.36. The third-order valence-electron chi connectivity index (χ3n) is 4.78. The summed E-state index contributed by atoms with van der Waals surface area (Å²) in [7, 11) is 1.68. The minimum Gasteiger partial charge on any atom is -0.496 e. The summed E-state index contributed by atoms with van der Waals surface area (Å²) in [5.74, 6) is 2.23. The van der Waals surface area contributed by atoms with E-state index in [0.29, 0.717) is 12.5 Å². The molecule has 0 amide bonds. The topological polar surface area (TPSA) is 81.3 Å². The lowest BCUT2D eigenvalue weighted by Crippen LogP contribution is -2.39. The summed E-state index contributed by atoms with van der Waals surface area (Å²) in [5.41, 5.74) is 8.18. The number of guanidine groups is 1. The van der Waals surface area contributed by atoms with E-state index in [1.54, 1.807) is 7.11 Å². The molecule has 2 aliphatic rings. The van der Waals surface area contributed by atoms with Gasteiger partial charge in [-0.15, -0.1) is 0 Å². The number of hydrogen-bond donors (Lipinski definition) is 2. The number of methoxy groups -OCH3 is 1. The molecule has 0 bridgehead atoms. The highest BCUT2D eigenvalue weighted by Crippen LogP contribution is 2.35. The van der Waals surface area contributed by atoms with Gasteiger partial charge in [-0.05, 0) is 32.0 Å². The summed E-state index contributed by atoms with van der Waals surface area (Å²) in [6.45, 7) is 8.11. The Bertz CT molecular complexity index is 629. The maximum Gasteiger partial charge on any atom is 0.188 e. The van der Waals surface area contributed by atoms with E-state index < -0.39 is 0 Å². The van der Waals surface area contributed by atoms with E-state index in [1.807, 2.05) is 6.07 Å². The van der Waals surface area contributed by atoms with Gasteiger partial charge in [-0.3, -0.25) is 4.90 Å². The summed E-state index contributed by atoms with van der Waals surface area (Å²) in [5, 5.41) is 3.19. The first-order chi connectivity index (χ1) is 12.7. The van der Waals surface area contributed by atoms with E-state index in [0.717, 1.165) is 69.3 Å². The molecule has 2 aliphatic heterocycles. The summed E-state index contributed by atoms with van der Waals surface area (Å²) in [6.07, 6.45) is 2.17. The predicted molar refractivity (Wildman–Crippen MR) is 102 cm³/mol. The average molecular weight is 362 g/mol. The average Bonchev–Trinajstić information content (AvgIpc) is 3.02. The fourth-order valence-electron chi connectivity index (χ4n) is 3.37. The molecular formula is C19H30N4O3. The quantitative estimate of drug-likeness (QED) is 0.430. The number of rotatable bonds is 7. The number of hydrogen-bond acceptors (Lipinski definition) is 5. The molecule has 1 aromatic rings. The zero-order valence-electron chi connectivity index (χ0n) is 15.8. The number of morpholine rings is 1. The molecule has 0 saturated carbocycles. The highest BCUT2D eigenvalue weighted by molar-refractivity contribution is 5.77. The van der Waals surface area contributed by atoms with Crippen LogP contribution in [0, 0.1) is 0 Å². The smallest absolute Gasteiger partial charge is 0.188 e. The van der Waals surface area contributed by atoms with Gasteiger partial charge < -0.3 is 25.3 Å². The largest absolute Gasteiger partial charge is 0.496 e. The maximum absolute atomic E-state index is 6.00. The number of ether oxygens (including phenoxy) is 3. The third kappa shape index (κ3) is 5.02. The molecule has 3 rings (SSSR count). The Morgan fingerprint density at radius 1 is 1.38 bits per heavy atom. The predicted octanol–water partition coefficient (Wildman–Crippen LogP) is 1.15. The molecule has 0 radical (unpaired) electrons. The van der Waals surface area contributed by atoms with Crippen molar-refractivity contribution in [2.24, 2.45) is 10.7 Å². The van der Waals surface area contributed by atoms with E-state index in [-0.39, 0.29) is 6.10 Å². The van der Waals surface area contributed by atoms with E-state index in [2.05, 4.69) is 28.2 Å². The second kappa shape index (κ2) is 9.09. The minimum atomic E-state index is 0.214. The fourth-order valence-corrected chi connectivity index (χ4v) is 3.37. The van der Waals surface area contributed by atoms with Gasteiger partial charge in [0.1, 0.15) is 17.6 Å². The summed E-state index contributed by atoms with van der Waals surface area (Å²) >= 11 is 0. The first-order valence-electron chi connectivity index (χ1n) is 9.36. The van der Waals surface area contributed by atoms with Crippen molar-refractivity contribution in [2.45, 2.75) is 32.4 Å². The second-order valence-corrected chi connectivity index (χ2v) is 6.84. The minimum absolute atomic E-state index is 0.214. The molecule has 144 valence electrons. The molecule has 1 unspecified atom stereocenters. The number of benzene rings is 1. The molecule has 26 heavy (non-hydrogen) atoms. The van der Waals surface area contributed by atoms with Gasteiger partial charge in [-0.2, -0.15) is 0 Å². The van der Waals surface area contributed by atoms with Crippen LogP contribution in [-0.2, 0) is 17.7 Å². The van der Waals surface area contributed by atoms with Crippen molar-refractivity contribution in [3.8, 4) is 11.5 Å². The van der Waals surface area contributed by atoms with Gasteiger partial charge >= 0.3 is 0 Å². The highest BCUT2D eigenvalue weighted by Gasteiger charge is 2.21. The van der Waals surface area contributed by atoms with Gasteiger partial charge in [0.05, 0.1) is 26.9 Å². The lowest BCUT2D eigenvalue weighted by molar-refractivity contribution is 0.0376. The van der Waals surface area contributed by atoms with E-state index in [1.165, 1.54) is 5.56 Å². The number of nitrogens with one attached hydrogen (secondary N) is 1. The Labute approximate surface area is 155 Å². The highest BCUT2D eigenvalue weighted by atomic mass is 16.5. The zero-order valence-corrected chi connectivity index (χ0v) is 15.8. The molecule has 1 fully saturated rings. The SMILES string of the molecule is COc1cc2c(cc1CN=C(N)NCCCN1CCOCC1)OC(C)C2. The van der Waals surface area contributed by atoms with E-state index in [9.17, 15) is 0 Å². The molecule has 7 heteroatoms. The third-order valence-corrected chi connectivity index (χ3v) is 4.78. The fraction of sp³-hybridized carbons (Fsp3) is 0.632. The van der Waals surface area contributed by atoms with Crippen LogP contribution in [0.5, 0.6) is 11.5 Å². The molecule has 1 atom stereocenters. The normalized spacial score (nSPS) is 20.5. The van der Waals surface area contributed by atoms with Gasteiger partial charge in [0.25, 0.3) is 0 Å². The summed E-state index contributed by atoms with van der Waals surface area (Å²) in [6, 6.07) is 4.07. The molecule has 0 aliphatic carbocycles. The van der Waals surface area contributed by atoms with Crippen LogP contribution in [0.2, 0.25) is 0 Å². The molecule has 1 aromatic carbocycles. The molecule has 0 spiro atoms. The monoisotopic (exact) mass is 362 g/mol. The summed E-state index contributed by atoms with van der Waals surface area (Å²) < 4.78 is 16.7. The molecular weight excluding hydrogens is 332 g/mol. The second-order valence-electron chi connectivity index (χ2n) is 6.84. The van der Waals surface area contributed by atoms with Crippen LogP contribution in [0.15, 0.2) is 17.1 Å².